The van der Waals surface area contributed by atoms with Gasteiger partial charge < -0.3 is 66.0 Å². The van der Waals surface area contributed by atoms with Gasteiger partial charge in [-0.25, -0.2) is 38.4 Å². The Morgan fingerprint density at radius 1 is 0.420 bits per heavy atom. The van der Waals surface area contributed by atoms with Crippen molar-refractivity contribution >= 4 is 133 Å². The number of unbranched alkanes of at least 4 members (excludes halogenated alkanes) is 12. The van der Waals surface area contributed by atoms with Crippen molar-refractivity contribution in [1.82, 2.24) is 4.90 Å². The molecule has 6 aromatic rings. The summed E-state index contributed by atoms with van der Waals surface area (Å²) >= 11 is 6.54. The second-order valence-corrected chi connectivity index (χ2v) is 29.5. The van der Waals surface area contributed by atoms with Crippen molar-refractivity contribution in [2.75, 3.05) is 120 Å². The molecular weight excluding hydrogens is 1700 g/mol. The number of hydrogen-bond acceptors (Lipinski definition) is 26. The van der Waals surface area contributed by atoms with Crippen LogP contribution in [-0.2, 0) is 57.1 Å². The minimum absolute atomic E-state index is 0. The van der Waals surface area contributed by atoms with E-state index in [0.717, 1.165) is 139 Å². The quantitative estimate of drug-likeness (QED) is 0.00705. The van der Waals surface area contributed by atoms with E-state index in [1.807, 2.05) is 82.3 Å². The number of esters is 7. The summed E-state index contributed by atoms with van der Waals surface area (Å²) in [6.07, 6.45) is 17.2. The van der Waals surface area contributed by atoms with Crippen molar-refractivity contribution in [3.05, 3.63) is 158 Å². The van der Waals surface area contributed by atoms with Gasteiger partial charge in [0.15, 0.2) is 0 Å². The zero-order valence-electron chi connectivity index (χ0n) is 77.3. The molecule has 0 aliphatic heterocycles. The molecule has 742 valence electrons. The monoisotopic (exact) mass is 1870 g/mol. The van der Waals surface area contributed by atoms with Crippen LogP contribution in [0.2, 0.25) is 0 Å². The van der Waals surface area contributed by atoms with Gasteiger partial charge in [0.25, 0.3) is 0 Å². The predicted octanol–water partition coefficient (Wildman–Crippen LogP) is 24.1. The number of ether oxygens (including phenoxy) is 7. The summed E-state index contributed by atoms with van der Waals surface area (Å²) in [4.78, 5) is 139. The maximum absolute atomic E-state index is 12.8. The van der Waals surface area contributed by atoms with E-state index in [9.17, 15) is 52.7 Å². The molecule has 3 heterocycles. The van der Waals surface area contributed by atoms with E-state index < -0.39 is 45.4 Å². The first kappa shape index (κ1) is 139. The van der Waals surface area contributed by atoms with Crippen LogP contribution in [0.5, 0.6) is 0 Å². The third-order valence-corrected chi connectivity index (χ3v) is 20.1. The van der Waals surface area contributed by atoms with Crippen molar-refractivity contribution in [2.45, 2.75) is 292 Å². The first-order valence-electron chi connectivity index (χ1n) is 43.7. The Hall–Kier alpha value is -9.48. The molecular formula is C102H170AlBClN5O21. The molecule has 0 amide bonds. The van der Waals surface area contributed by atoms with E-state index in [2.05, 4.69) is 113 Å². The van der Waals surface area contributed by atoms with Gasteiger partial charge in [0.1, 0.15) is 33.4 Å². The molecule has 26 nitrogen and oxygen atoms in total. The zero-order chi connectivity index (χ0) is 92.8. The molecule has 6 rings (SSSR count). The van der Waals surface area contributed by atoms with Crippen molar-refractivity contribution in [3.8, 4) is 0 Å². The average Bonchev–Trinajstić information content (AvgIpc) is 0.806. The topological polar surface area (TPSA) is 329 Å². The van der Waals surface area contributed by atoms with E-state index in [1.54, 1.807) is 42.9 Å². The number of nitrogens with one attached hydrogen (secondary N) is 1. The number of carbonyl (C=O) groups is 8. The van der Waals surface area contributed by atoms with E-state index in [4.69, 9.17) is 57.6 Å². The Morgan fingerprint density at radius 2 is 0.702 bits per heavy atom. The third-order valence-electron chi connectivity index (χ3n) is 19.8. The van der Waals surface area contributed by atoms with Crippen LogP contribution < -0.4 is 31.6 Å². The Balaban J connectivity index is -0.000000213. The number of allylic oxidation sites excluding steroid dienone is 1. The summed E-state index contributed by atoms with van der Waals surface area (Å²) in [5.74, 6) is -3.66. The molecule has 131 heavy (non-hydrogen) atoms. The van der Waals surface area contributed by atoms with Crippen LogP contribution in [0.1, 0.15) is 323 Å². The standard InChI is InChI=1S/C33H49NO8.C24H31NO6.C21H29NO4.C7H12O2.C6H15N.C4H5ClO.7CH4.Al.B.HN/c1-7-11-18-39-29(35)24(5)23-33(6,8-2)32(38)41-20-15-13-12-14-19-40-30(36)27-21-25-16-17-26(34(9-3)10-4)22-28(25)42-31(27)37;1-5-25(6-2)19-12-11-18-15-20(24(28)31-21(18)16-19)23(27)30-14-10-8-7-9-13-29-22(26)17(3)4;1-4-7-8-9-10-13-25-20(23)18-14-16-11-12-17(22(5-2)6-3)15-19(16)26-21(18)24;1-3-5-6-9-7(8)4-2;1-4-7(5-2)6-3;1-3(2)4(5)6;;;;;;;;;;/h16-17,21-22,24H,7-15,18-20,23H2,1-6H3;11-12,15-16H,3,5-10,13-14H2,1-2,4H3;11-12,14-15H,4-10,13H2,1-3H3;4H,2-3,5-6H2,1H3;4-6H2,1-3H3;1H2,2H3;7*1H4;;;1H. The van der Waals surface area contributed by atoms with Crippen LogP contribution in [0, 0.1) is 15.7 Å². The predicted molar refractivity (Wildman–Crippen MR) is 546 cm³/mol. The number of anilines is 3. The Labute approximate surface area is 803 Å². The Morgan fingerprint density at radius 3 is 0.962 bits per heavy atom. The van der Waals surface area contributed by atoms with Gasteiger partial charge in [-0.15, -0.1) is 0 Å². The molecule has 0 saturated heterocycles. The van der Waals surface area contributed by atoms with Crippen molar-refractivity contribution in [1.29, 1.82) is 4.35 Å². The molecule has 0 fully saturated rings. The minimum atomic E-state index is -0.749. The van der Waals surface area contributed by atoms with Gasteiger partial charge >= 0.3 is 79.1 Å². The fraction of sp³-hybridized carbons (Fsp3) is 0.598. The molecule has 0 aliphatic rings. The number of nitrogens with zero attached hydrogens (tertiary/aromatic N) is 4. The fourth-order valence-electron chi connectivity index (χ4n) is 11.9. The Kier molecular flexibility index (Phi) is 87.7. The number of halogens is 1. The SMILES string of the molecule is C.C.C.C.C.C.C.C=C(C)C(=O)Cl.C=C(C)C(=O)OCCCCCCOC(=O)c1cc2ccc(N(CC)CC)cc2oc1=O.C=CC(=O)OCCCC.CCCCCCCOC(=O)c1cc2ccc(N(CC)CC)cc2oc1=O.CCCCOC(=O)C(C)CC(C)(CC)C(=O)OCCCCCCOC(=O)c1cc2ccc(N(CC)CC)cc2oc1=O.CCN(CC)CC.[B].[NH]=[Al]. The zero-order valence-corrected chi connectivity index (χ0v) is 79.3. The van der Waals surface area contributed by atoms with Gasteiger partial charge in [-0.2, -0.15) is 0 Å². The number of hydrogen-bond donors (Lipinski definition) is 1. The van der Waals surface area contributed by atoms with Crippen LogP contribution in [0.4, 0.5) is 17.1 Å². The molecule has 3 aromatic carbocycles. The molecule has 0 aliphatic carbocycles. The molecule has 3 aromatic heterocycles. The van der Waals surface area contributed by atoms with Crippen LogP contribution in [-0.4, -0.2) is 182 Å². The summed E-state index contributed by atoms with van der Waals surface area (Å²) in [6, 6.07) is 21.5. The third kappa shape index (κ3) is 55.0. The number of carbonyl (C=O) groups excluding carboxylic acids is 8. The summed E-state index contributed by atoms with van der Waals surface area (Å²) in [7, 11) is 0. The second-order valence-electron chi connectivity index (χ2n) is 29.2. The van der Waals surface area contributed by atoms with E-state index in [0.29, 0.717) is 97.2 Å². The first-order valence-corrected chi connectivity index (χ1v) is 44.6. The number of fused-ring (bicyclic) bond motifs is 3. The van der Waals surface area contributed by atoms with Crippen LogP contribution >= 0.6 is 11.6 Å². The van der Waals surface area contributed by atoms with Gasteiger partial charge in [0, 0.05) is 116 Å². The normalized spacial score (nSPS) is 10.5. The molecule has 2 unspecified atom stereocenters. The van der Waals surface area contributed by atoms with Gasteiger partial charge in [-0.05, 0) is 232 Å². The number of benzene rings is 3. The molecule has 0 saturated carbocycles. The van der Waals surface area contributed by atoms with Crippen LogP contribution in [0.15, 0.2) is 137 Å². The van der Waals surface area contributed by atoms with Gasteiger partial charge in [-0.1, -0.05) is 166 Å². The molecule has 2 atom stereocenters. The molecule has 0 spiro atoms. The fourth-order valence-corrected chi connectivity index (χ4v) is 11.9. The van der Waals surface area contributed by atoms with E-state index >= 15 is 0 Å². The average molecular weight is 1880 g/mol. The summed E-state index contributed by atoms with van der Waals surface area (Å²) < 4.78 is 58.1. The molecule has 4 radical (unpaired) electrons. The van der Waals surface area contributed by atoms with Gasteiger partial charge in [0.2, 0.25) is 5.24 Å². The molecule has 0 bridgehead atoms. The van der Waals surface area contributed by atoms with E-state index in [1.165, 1.54) is 50.7 Å². The first-order chi connectivity index (χ1) is 58.9. The summed E-state index contributed by atoms with van der Waals surface area (Å²) in [5.41, 5.74) is 1.96. The van der Waals surface area contributed by atoms with Crippen LogP contribution in [0.3, 0.4) is 0 Å². The van der Waals surface area contributed by atoms with Crippen molar-refractivity contribution in [3.63, 3.8) is 0 Å². The van der Waals surface area contributed by atoms with Crippen LogP contribution in [0.25, 0.3) is 32.9 Å². The van der Waals surface area contributed by atoms with Gasteiger partial charge in [-0.3, -0.25) is 14.4 Å². The van der Waals surface area contributed by atoms with Crippen molar-refractivity contribution < 1.29 is 84.8 Å². The number of rotatable bonds is 49. The Bertz CT molecular complexity index is 4350. The summed E-state index contributed by atoms with van der Waals surface area (Å²) in [5, 5.41) is 1.59. The van der Waals surface area contributed by atoms with Crippen molar-refractivity contribution in [2.24, 2.45) is 11.3 Å². The van der Waals surface area contributed by atoms with Gasteiger partial charge in [0.05, 0.1) is 57.6 Å². The van der Waals surface area contributed by atoms with E-state index in [-0.39, 0.29) is 127 Å². The molecule has 1 N–H and O–H groups in total. The summed E-state index contributed by atoms with van der Waals surface area (Å²) in [6.45, 7) is 54.9. The maximum atomic E-state index is 12.8. The molecule has 29 heteroatoms. The second kappa shape index (κ2) is 82.4.